The molecule has 2 N–H and O–H groups in total. The number of likely N-dealkylation sites (N-methyl/N-ethyl adjacent to an activating group) is 1. The van der Waals surface area contributed by atoms with Crippen molar-refractivity contribution in [3.8, 4) is 0 Å². The smallest absolute Gasteiger partial charge is 0.280 e. The lowest BCUT2D eigenvalue weighted by atomic mass is 9.99. The molecular formula is C15H22FN3O4S. The summed E-state index contributed by atoms with van der Waals surface area (Å²) in [5, 5.41) is 2.74. The van der Waals surface area contributed by atoms with Crippen molar-refractivity contribution in [2.24, 2.45) is 0 Å². The molecule has 0 aliphatic carbocycles. The summed E-state index contributed by atoms with van der Waals surface area (Å²) in [5.41, 5.74) is 0.607. The van der Waals surface area contributed by atoms with Crippen molar-refractivity contribution >= 4 is 16.1 Å². The first-order valence-corrected chi connectivity index (χ1v) is 8.98. The number of hydrogen-bond acceptors (Lipinski definition) is 4. The number of nitrogens with zero attached hydrogens (tertiary/aromatic N) is 1. The Hall–Kier alpha value is -1.55. The molecule has 0 aromatic heterocycles. The normalized spacial score (nSPS) is 25.2. The van der Waals surface area contributed by atoms with Crippen molar-refractivity contribution in [3.05, 3.63) is 35.6 Å². The van der Waals surface area contributed by atoms with Gasteiger partial charge in [-0.15, -0.1) is 0 Å². The minimum Gasteiger partial charge on any atom is -0.383 e. The number of ether oxygens (including phenoxy) is 1. The van der Waals surface area contributed by atoms with Gasteiger partial charge in [-0.3, -0.25) is 4.79 Å². The van der Waals surface area contributed by atoms with Crippen molar-refractivity contribution < 1.29 is 22.3 Å². The van der Waals surface area contributed by atoms with Crippen LogP contribution in [-0.2, 0) is 19.7 Å². The van der Waals surface area contributed by atoms with E-state index in [-0.39, 0.29) is 18.4 Å². The fourth-order valence-corrected chi connectivity index (χ4v) is 3.93. The van der Waals surface area contributed by atoms with E-state index in [1.54, 1.807) is 6.92 Å². The molecule has 0 bridgehead atoms. The first kappa shape index (κ1) is 18.8. The third-order valence-electron chi connectivity index (χ3n) is 3.95. The Morgan fingerprint density at radius 2 is 2.08 bits per heavy atom. The molecule has 1 saturated heterocycles. The highest BCUT2D eigenvalue weighted by Gasteiger charge is 2.40. The highest BCUT2D eigenvalue weighted by Crippen LogP contribution is 2.28. The molecule has 0 unspecified atom stereocenters. The van der Waals surface area contributed by atoms with Crippen molar-refractivity contribution in [1.82, 2.24) is 14.3 Å². The van der Waals surface area contributed by atoms with Crippen LogP contribution in [0.1, 0.15) is 24.9 Å². The Morgan fingerprint density at radius 3 is 2.67 bits per heavy atom. The van der Waals surface area contributed by atoms with E-state index in [2.05, 4.69) is 10.0 Å². The van der Waals surface area contributed by atoms with Gasteiger partial charge in [0.15, 0.2) is 0 Å². The van der Waals surface area contributed by atoms with E-state index < -0.39 is 28.1 Å². The van der Waals surface area contributed by atoms with E-state index in [1.807, 2.05) is 0 Å². The lowest BCUT2D eigenvalue weighted by molar-refractivity contribution is -0.126. The summed E-state index contributed by atoms with van der Waals surface area (Å²) in [7, 11) is -0.936. The first-order valence-electron chi connectivity index (χ1n) is 7.54. The topological polar surface area (TPSA) is 87.7 Å². The number of amides is 1. The second kappa shape index (κ2) is 7.56. The zero-order valence-corrected chi connectivity index (χ0v) is 14.6. The molecule has 1 aromatic rings. The van der Waals surface area contributed by atoms with Crippen molar-refractivity contribution in [3.63, 3.8) is 0 Å². The lowest BCUT2D eigenvalue weighted by Crippen LogP contribution is -2.58. The molecule has 1 aliphatic rings. The van der Waals surface area contributed by atoms with Gasteiger partial charge in [0.2, 0.25) is 5.91 Å². The van der Waals surface area contributed by atoms with Crippen LogP contribution in [0.25, 0.3) is 0 Å². The predicted octanol–water partition coefficient (Wildman–Crippen LogP) is 0.556. The number of nitrogens with one attached hydrogen (secondary N) is 2. The number of methoxy groups -OCH3 is 1. The predicted molar refractivity (Wildman–Crippen MR) is 86.8 cm³/mol. The van der Waals surface area contributed by atoms with Crippen LogP contribution in [0.4, 0.5) is 4.39 Å². The van der Waals surface area contributed by atoms with Crippen LogP contribution >= 0.6 is 0 Å². The second-order valence-electron chi connectivity index (χ2n) is 5.86. The Kier molecular flexibility index (Phi) is 5.92. The Labute approximate surface area is 141 Å². The maximum Gasteiger partial charge on any atom is 0.280 e. The summed E-state index contributed by atoms with van der Waals surface area (Å²) in [4.78, 5) is 12.5. The van der Waals surface area contributed by atoms with Gasteiger partial charge in [0, 0.05) is 26.2 Å². The summed E-state index contributed by atoms with van der Waals surface area (Å²) in [6, 6.07) is 3.85. The van der Waals surface area contributed by atoms with Crippen LogP contribution < -0.4 is 10.0 Å². The monoisotopic (exact) mass is 359 g/mol. The minimum absolute atomic E-state index is 0.238. The third kappa shape index (κ3) is 4.29. The van der Waals surface area contributed by atoms with E-state index in [0.717, 1.165) is 4.31 Å². The number of carbonyl (C=O) groups excluding carboxylic acids is 1. The maximum atomic E-state index is 13.1. The fourth-order valence-electron chi connectivity index (χ4n) is 2.65. The van der Waals surface area contributed by atoms with Crippen LogP contribution in [0.2, 0.25) is 0 Å². The molecule has 134 valence electrons. The largest absolute Gasteiger partial charge is 0.383 e. The Morgan fingerprint density at radius 1 is 1.46 bits per heavy atom. The second-order valence-corrected chi connectivity index (χ2v) is 7.62. The van der Waals surface area contributed by atoms with Gasteiger partial charge in [-0.1, -0.05) is 12.1 Å². The van der Waals surface area contributed by atoms with Crippen LogP contribution in [0, 0.1) is 5.82 Å². The molecule has 24 heavy (non-hydrogen) atoms. The summed E-state index contributed by atoms with van der Waals surface area (Å²) in [6.45, 7) is 2.10. The van der Waals surface area contributed by atoms with E-state index in [4.69, 9.17) is 4.74 Å². The van der Waals surface area contributed by atoms with Gasteiger partial charge < -0.3 is 10.1 Å². The molecule has 2 rings (SSSR count). The summed E-state index contributed by atoms with van der Waals surface area (Å²) >= 11 is 0. The molecule has 7 nitrogen and oxygen atoms in total. The third-order valence-corrected chi connectivity index (χ3v) is 5.54. The Bertz CT molecular complexity index is 680. The van der Waals surface area contributed by atoms with E-state index in [9.17, 15) is 17.6 Å². The molecule has 0 spiro atoms. The number of hydrogen-bond donors (Lipinski definition) is 2. The summed E-state index contributed by atoms with van der Waals surface area (Å²) in [5.74, 6) is -0.795. The fraction of sp³-hybridized carbons (Fsp3) is 0.533. The highest BCUT2D eigenvalue weighted by molar-refractivity contribution is 7.87. The summed E-state index contributed by atoms with van der Waals surface area (Å²) < 4.78 is 46.2. The molecule has 1 aromatic carbocycles. The van der Waals surface area contributed by atoms with Gasteiger partial charge in [0.1, 0.15) is 11.9 Å². The molecule has 0 radical (unpaired) electrons. The van der Waals surface area contributed by atoms with E-state index >= 15 is 0 Å². The maximum absolute atomic E-state index is 13.1. The number of carbonyl (C=O) groups is 1. The number of rotatable bonds is 5. The molecule has 0 saturated carbocycles. The minimum atomic E-state index is -3.81. The standard InChI is InChI=1S/C15H22FN3O4S/c1-10(9-23-3)17-15(20)14-8-13(18-24(21,22)19(14)2)11-4-6-12(16)7-5-11/h4-7,10,13-14,18H,8-9H2,1-3H3,(H,17,20)/t10-,13-,14+/m0/s1. The molecule has 3 atom stereocenters. The molecule has 1 amide bonds. The van der Waals surface area contributed by atoms with Gasteiger partial charge in [0.05, 0.1) is 6.61 Å². The SMILES string of the molecule is COC[C@H](C)NC(=O)[C@H]1C[C@@H](c2ccc(F)cc2)NS(=O)(=O)N1C. The van der Waals surface area contributed by atoms with Crippen LogP contribution in [0.3, 0.4) is 0 Å². The molecular weight excluding hydrogens is 337 g/mol. The van der Waals surface area contributed by atoms with E-state index in [1.165, 1.54) is 38.4 Å². The highest BCUT2D eigenvalue weighted by atomic mass is 32.2. The van der Waals surface area contributed by atoms with Crippen LogP contribution in [0.15, 0.2) is 24.3 Å². The van der Waals surface area contributed by atoms with Crippen molar-refractivity contribution in [1.29, 1.82) is 0 Å². The van der Waals surface area contributed by atoms with Gasteiger partial charge >= 0.3 is 0 Å². The van der Waals surface area contributed by atoms with Gasteiger partial charge in [0.25, 0.3) is 10.2 Å². The molecule has 1 fully saturated rings. The average molecular weight is 359 g/mol. The quantitative estimate of drug-likeness (QED) is 0.804. The molecule has 1 aliphatic heterocycles. The van der Waals surface area contributed by atoms with Gasteiger partial charge in [-0.2, -0.15) is 17.4 Å². The number of halogens is 1. The molecule has 9 heteroatoms. The van der Waals surface area contributed by atoms with Gasteiger partial charge in [-0.25, -0.2) is 4.39 Å². The zero-order chi connectivity index (χ0) is 17.9. The summed E-state index contributed by atoms with van der Waals surface area (Å²) in [6.07, 6.45) is 0.243. The van der Waals surface area contributed by atoms with Gasteiger partial charge in [-0.05, 0) is 31.0 Å². The Balaban J connectivity index is 2.20. The zero-order valence-electron chi connectivity index (χ0n) is 13.8. The first-order chi connectivity index (χ1) is 11.2. The van der Waals surface area contributed by atoms with Crippen molar-refractivity contribution in [2.75, 3.05) is 20.8 Å². The molecule has 1 heterocycles. The van der Waals surface area contributed by atoms with Crippen molar-refractivity contribution in [2.45, 2.75) is 31.5 Å². The van der Waals surface area contributed by atoms with Crippen LogP contribution in [-0.4, -0.2) is 51.5 Å². The van der Waals surface area contributed by atoms with E-state index in [0.29, 0.717) is 12.2 Å². The van der Waals surface area contributed by atoms with Crippen LogP contribution in [0.5, 0.6) is 0 Å². The number of benzene rings is 1. The lowest BCUT2D eigenvalue weighted by Gasteiger charge is -2.36. The average Bonchev–Trinajstić information content (AvgIpc) is 2.50.